The third kappa shape index (κ3) is 34.1. The van der Waals surface area contributed by atoms with Crippen LogP contribution in [-0.2, 0) is 18.6 Å². The third-order valence-electron chi connectivity index (χ3n) is 4.71. The number of phosphoric acid groups is 1. The fourth-order valence-electron chi connectivity index (χ4n) is 2.87. The fourth-order valence-corrected chi connectivity index (χ4v) is 3.18. The van der Waals surface area contributed by atoms with Crippen molar-refractivity contribution in [3.63, 3.8) is 0 Å². The van der Waals surface area contributed by atoms with Crippen LogP contribution < -0.4 is 0 Å². The minimum atomic E-state index is -4.48. The molecule has 0 unspecified atom stereocenters. The number of carbonyl (C=O) groups excluding carboxylic acids is 1. The molecule has 0 heterocycles. The number of ether oxygens (including phenoxy) is 1. The highest BCUT2D eigenvalue weighted by Gasteiger charge is 2.13. The molecule has 0 aromatic carbocycles. The van der Waals surface area contributed by atoms with Crippen molar-refractivity contribution in [3.05, 3.63) is 12.2 Å². The largest absolute Gasteiger partial charge is 0.469 e. The summed E-state index contributed by atoms with van der Waals surface area (Å²) in [7, 11) is -4.48. The molecule has 0 amide bonds. The van der Waals surface area contributed by atoms with E-state index in [1.165, 1.54) is 70.6 Å². The summed E-state index contributed by atoms with van der Waals surface area (Å²) in [4.78, 5) is 28.3. The molecule has 186 valence electrons. The smallest absolute Gasteiger partial charge is 0.463 e. The highest BCUT2D eigenvalue weighted by atomic mass is 31.2. The number of rotatable bonds is 20. The van der Waals surface area contributed by atoms with Gasteiger partial charge in [-0.25, -0.2) is 4.57 Å². The van der Waals surface area contributed by atoms with Crippen LogP contribution in [0.1, 0.15) is 124 Å². The Bertz CT molecular complexity index is 443. The van der Waals surface area contributed by atoms with Gasteiger partial charge in [-0.2, -0.15) is 0 Å². The van der Waals surface area contributed by atoms with Crippen LogP contribution in [0.3, 0.4) is 0 Å². The number of allylic oxidation sites excluding steroid dienone is 2. The van der Waals surface area contributed by atoms with Crippen molar-refractivity contribution in [2.45, 2.75) is 124 Å². The van der Waals surface area contributed by atoms with Crippen LogP contribution in [0.25, 0.3) is 0 Å². The number of phosphoric ester groups is 1. The standard InChI is InChI=1S/C18H35O6P.C6H14/c1-2-3-4-5-6-7-8-9-10-11-12-13-14-15-18(19)23-16-17-24-25(20,21)22;1-3-5-6-4-2/h10-11H,2-9,12-17H2,1H3,(H2,20,21,22);3-6H2,1-2H3/b11-10+;. The van der Waals surface area contributed by atoms with Crippen molar-refractivity contribution < 1.29 is 28.4 Å². The highest BCUT2D eigenvalue weighted by molar-refractivity contribution is 7.46. The predicted octanol–water partition coefficient (Wildman–Crippen LogP) is 7.48. The summed E-state index contributed by atoms with van der Waals surface area (Å²) >= 11 is 0. The maximum Gasteiger partial charge on any atom is 0.469 e. The van der Waals surface area contributed by atoms with E-state index in [0.717, 1.165) is 25.7 Å². The van der Waals surface area contributed by atoms with Crippen molar-refractivity contribution in [3.8, 4) is 0 Å². The molecule has 0 atom stereocenters. The Kier molecular flexibility index (Phi) is 26.8. The van der Waals surface area contributed by atoms with Gasteiger partial charge in [0.05, 0.1) is 6.61 Å². The lowest BCUT2D eigenvalue weighted by molar-refractivity contribution is -0.144. The average Bonchev–Trinajstić information content (AvgIpc) is 2.73. The lowest BCUT2D eigenvalue weighted by Crippen LogP contribution is -2.09. The number of esters is 1. The summed E-state index contributed by atoms with van der Waals surface area (Å²) in [5.74, 6) is -0.360. The number of unbranched alkanes of at least 4 members (excludes halogenated alkanes) is 12. The van der Waals surface area contributed by atoms with Crippen molar-refractivity contribution >= 4 is 13.8 Å². The Balaban J connectivity index is 0. The van der Waals surface area contributed by atoms with E-state index in [1.54, 1.807) is 0 Å². The van der Waals surface area contributed by atoms with Gasteiger partial charge in [0.2, 0.25) is 0 Å². The van der Waals surface area contributed by atoms with E-state index in [-0.39, 0.29) is 19.2 Å². The zero-order valence-electron chi connectivity index (χ0n) is 20.4. The summed E-state index contributed by atoms with van der Waals surface area (Å²) in [6.07, 6.45) is 23.3. The molecular weight excluding hydrogens is 415 g/mol. The van der Waals surface area contributed by atoms with Gasteiger partial charge in [0, 0.05) is 6.42 Å². The van der Waals surface area contributed by atoms with Crippen molar-refractivity contribution in [1.82, 2.24) is 0 Å². The van der Waals surface area contributed by atoms with E-state index < -0.39 is 7.82 Å². The van der Waals surface area contributed by atoms with Crippen LogP contribution in [0.5, 0.6) is 0 Å². The minimum absolute atomic E-state index is 0.137. The monoisotopic (exact) mass is 464 g/mol. The normalized spacial score (nSPS) is 11.4. The molecule has 0 saturated heterocycles. The zero-order chi connectivity index (χ0) is 23.6. The second-order valence-corrected chi connectivity index (χ2v) is 9.12. The SMILES string of the molecule is CCCCCC.CCCCCCCCC/C=C/CCCCC(=O)OCCOP(=O)(O)O. The van der Waals surface area contributed by atoms with Crippen LogP contribution in [0.4, 0.5) is 0 Å². The van der Waals surface area contributed by atoms with Gasteiger partial charge in [-0.05, 0) is 32.1 Å². The highest BCUT2D eigenvalue weighted by Crippen LogP contribution is 2.35. The Morgan fingerprint density at radius 1 is 0.710 bits per heavy atom. The van der Waals surface area contributed by atoms with Gasteiger partial charge in [0.25, 0.3) is 0 Å². The molecule has 0 saturated carbocycles. The molecule has 2 N–H and O–H groups in total. The molecular formula is C24H49O6P. The first-order valence-electron chi connectivity index (χ1n) is 12.4. The van der Waals surface area contributed by atoms with E-state index in [1.807, 2.05) is 0 Å². The van der Waals surface area contributed by atoms with E-state index in [2.05, 4.69) is 37.4 Å². The van der Waals surface area contributed by atoms with Gasteiger partial charge in [-0.1, -0.05) is 97.1 Å². The van der Waals surface area contributed by atoms with Gasteiger partial charge in [-0.3, -0.25) is 9.32 Å². The summed E-state index contributed by atoms with van der Waals surface area (Å²) in [6.45, 7) is 6.27. The van der Waals surface area contributed by atoms with Gasteiger partial charge >= 0.3 is 13.8 Å². The molecule has 0 rings (SSSR count). The molecule has 0 aliphatic rings. The van der Waals surface area contributed by atoms with Gasteiger partial charge < -0.3 is 14.5 Å². The summed E-state index contributed by atoms with van der Waals surface area (Å²) in [5.41, 5.74) is 0. The van der Waals surface area contributed by atoms with Gasteiger partial charge in [0.15, 0.2) is 0 Å². The molecule has 0 aliphatic carbocycles. The maximum atomic E-state index is 11.4. The average molecular weight is 465 g/mol. The summed E-state index contributed by atoms with van der Waals surface area (Å²) < 4.78 is 19.4. The molecule has 0 fully saturated rings. The van der Waals surface area contributed by atoms with E-state index >= 15 is 0 Å². The van der Waals surface area contributed by atoms with Gasteiger partial charge in [0.1, 0.15) is 6.61 Å². The molecule has 0 radical (unpaired) electrons. The molecule has 7 heteroatoms. The lowest BCUT2D eigenvalue weighted by atomic mass is 10.1. The van der Waals surface area contributed by atoms with Crippen LogP contribution in [0.2, 0.25) is 0 Å². The molecule has 0 spiro atoms. The Morgan fingerprint density at radius 3 is 1.68 bits per heavy atom. The van der Waals surface area contributed by atoms with Crippen molar-refractivity contribution in [1.29, 1.82) is 0 Å². The second-order valence-electron chi connectivity index (χ2n) is 7.88. The minimum Gasteiger partial charge on any atom is -0.463 e. The molecule has 0 aromatic rings. The van der Waals surface area contributed by atoms with Crippen molar-refractivity contribution in [2.75, 3.05) is 13.2 Å². The van der Waals surface area contributed by atoms with E-state index in [9.17, 15) is 9.36 Å². The molecule has 6 nitrogen and oxygen atoms in total. The second kappa shape index (κ2) is 25.6. The number of carbonyl (C=O) groups is 1. The van der Waals surface area contributed by atoms with Gasteiger partial charge in [-0.15, -0.1) is 0 Å². The first-order chi connectivity index (χ1) is 14.9. The third-order valence-corrected chi connectivity index (χ3v) is 5.22. The first-order valence-corrected chi connectivity index (χ1v) is 13.9. The van der Waals surface area contributed by atoms with Crippen LogP contribution in [0, 0.1) is 0 Å². The number of hydrogen-bond acceptors (Lipinski definition) is 4. The molecule has 0 aliphatic heterocycles. The van der Waals surface area contributed by atoms with Crippen LogP contribution >= 0.6 is 7.82 Å². The molecule has 31 heavy (non-hydrogen) atoms. The Hall–Kier alpha value is -0.680. The first kappa shape index (κ1) is 32.5. The maximum absolute atomic E-state index is 11.4. The molecule has 0 bridgehead atoms. The fraction of sp³-hybridized carbons (Fsp3) is 0.875. The van der Waals surface area contributed by atoms with Crippen LogP contribution in [0.15, 0.2) is 12.2 Å². The van der Waals surface area contributed by atoms with E-state index in [4.69, 9.17) is 14.5 Å². The Morgan fingerprint density at radius 2 is 1.16 bits per heavy atom. The quantitative estimate of drug-likeness (QED) is 0.0839. The van der Waals surface area contributed by atoms with E-state index in [0.29, 0.717) is 6.42 Å². The predicted molar refractivity (Wildman–Crippen MR) is 129 cm³/mol. The topological polar surface area (TPSA) is 93.1 Å². The van der Waals surface area contributed by atoms with Crippen molar-refractivity contribution in [2.24, 2.45) is 0 Å². The number of hydrogen-bond donors (Lipinski definition) is 2. The molecule has 0 aromatic heterocycles. The Labute approximate surface area is 191 Å². The lowest BCUT2D eigenvalue weighted by Gasteiger charge is -2.06. The van der Waals surface area contributed by atoms with Crippen LogP contribution in [-0.4, -0.2) is 29.0 Å². The zero-order valence-corrected chi connectivity index (χ0v) is 21.3. The summed E-state index contributed by atoms with van der Waals surface area (Å²) in [6, 6.07) is 0. The summed E-state index contributed by atoms with van der Waals surface area (Å²) in [5, 5.41) is 0.